The maximum absolute atomic E-state index is 5.65. The fraction of sp³-hybridized carbons (Fsp3) is 0.500. The highest BCUT2D eigenvalue weighted by molar-refractivity contribution is 5.38. The van der Waals surface area contributed by atoms with Gasteiger partial charge in [0, 0.05) is 24.8 Å². The lowest BCUT2D eigenvalue weighted by molar-refractivity contribution is 0.0215. The summed E-state index contributed by atoms with van der Waals surface area (Å²) >= 11 is 0. The molecule has 3 heterocycles. The van der Waals surface area contributed by atoms with E-state index >= 15 is 0 Å². The third kappa shape index (κ3) is 1.56. The van der Waals surface area contributed by atoms with E-state index < -0.39 is 0 Å². The van der Waals surface area contributed by atoms with Crippen LogP contribution in [0.2, 0.25) is 0 Å². The monoisotopic (exact) mass is 219 g/mol. The van der Waals surface area contributed by atoms with Gasteiger partial charge in [-0.15, -0.1) is 10.2 Å². The van der Waals surface area contributed by atoms with Gasteiger partial charge in [-0.1, -0.05) is 0 Å². The fourth-order valence-corrected chi connectivity index (χ4v) is 1.86. The van der Waals surface area contributed by atoms with Crippen molar-refractivity contribution in [3.63, 3.8) is 0 Å². The first-order chi connectivity index (χ1) is 7.84. The Morgan fingerprint density at radius 2 is 2.44 bits per heavy atom. The van der Waals surface area contributed by atoms with E-state index in [4.69, 9.17) is 4.74 Å². The van der Waals surface area contributed by atoms with E-state index in [2.05, 4.69) is 20.5 Å². The van der Waals surface area contributed by atoms with Gasteiger partial charge in [-0.2, -0.15) is 0 Å². The van der Waals surface area contributed by atoms with Gasteiger partial charge >= 0.3 is 0 Å². The Bertz CT molecular complexity index is 503. The molecule has 3 rings (SSSR count). The van der Waals surface area contributed by atoms with Crippen LogP contribution >= 0.6 is 0 Å². The SMILES string of the molecule is Cc1cc2nnc(C3CNCCO3)n2cn1. The largest absolute Gasteiger partial charge is 0.368 e. The van der Waals surface area contributed by atoms with Crippen LogP contribution in [-0.4, -0.2) is 39.3 Å². The standard InChI is InChI=1S/C10H13N5O/c1-7-4-9-13-14-10(15(9)6-12-7)8-5-11-2-3-16-8/h4,6,8,11H,2-3,5H2,1H3. The van der Waals surface area contributed by atoms with Gasteiger partial charge in [0.15, 0.2) is 11.5 Å². The minimum atomic E-state index is -0.0340. The van der Waals surface area contributed by atoms with Gasteiger partial charge in [0.1, 0.15) is 12.4 Å². The second-order valence-corrected chi connectivity index (χ2v) is 3.88. The maximum Gasteiger partial charge on any atom is 0.169 e. The zero-order valence-electron chi connectivity index (χ0n) is 9.05. The molecule has 2 aromatic heterocycles. The Balaban J connectivity index is 2.03. The number of aromatic nitrogens is 4. The van der Waals surface area contributed by atoms with E-state index in [0.29, 0.717) is 6.61 Å². The van der Waals surface area contributed by atoms with Gasteiger partial charge in [0.2, 0.25) is 0 Å². The summed E-state index contributed by atoms with van der Waals surface area (Å²) in [5, 5.41) is 11.6. The summed E-state index contributed by atoms with van der Waals surface area (Å²) in [4.78, 5) is 4.24. The molecule has 1 atom stereocenters. The average molecular weight is 219 g/mol. The van der Waals surface area contributed by atoms with Crippen LogP contribution in [0.5, 0.6) is 0 Å². The van der Waals surface area contributed by atoms with E-state index in [1.54, 1.807) is 6.33 Å². The van der Waals surface area contributed by atoms with Crippen molar-refractivity contribution in [2.24, 2.45) is 0 Å². The predicted molar refractivity (Wildman–Crippen MR) is 57.1 cm³/mol. The highest BCUT2D eigenvalue weighted by atomic mass is 16.5. The minimum absolute atomic E-state index is 0.0340. The second kappa shape index (κ2) is 3.80. The van der Waals surface area contributed by atoms with Crippen LogP contribution in [0.1, 0.15) is 17.6 Å². The van der Waals surface area contributed by atoms with Crippen molar-refractivity contribution in [1.29, 1.82) is 0 Å². The van der Waals surface area contributed by atoms with Crippen LogP contribution in [-0.2, 0) is 4.74 Å². The number of hydrogen-bond donors (Lipinski definition) is 1. The molecule has 0 aliphatic carbocycles. The number of nitrogens with one attached hydrogen (secondary N) is 1. The predicted octanol–water partition coefficient (Wildman–Crippen LogP) is 0.0936. The number of nitrogens with zero attached hydrogens (tertiary/aromatic N) is 4. The molecule has 0 bridgehead atoms. The van der Waals surface area contributed by atoms with Crippen LogP contribution in [0.25, 0.3) is 5.65 Å². The number of hydrogen-bond acceptors (Lipinski definition) is 5. The minimum Gasteiger partial charge on any atom is -0.368 e. The first kappa shape index (κ1) is 9.68. The summed E-state index contributed by atoms with van der Waals surface area (Å²) in [6, 6.07) is 1.91. The molecular formula is C10H13N5O. The fourth-order valence-electron chi connectivity index (χ4n) is 1.86. The molecule has 0 spiro atoms. The van der Waals surface area contributed by atoms with Crippen molar-refractivity contribution < 1.29 is 4.74 Å². The summed E-state index contributed by atoms with van der Waals surface area (Å²) in [6.45, 7) is 4.31. The van der Waals surface area contributed by atoms with E-state index in [1.165, 1.54) is 0 Å². The molecule has 1 unspecified atom stereocenters. The third-order valence-electron chi connectivity index (χ3n) is 2.68. The summed E-state index contributed by atoms with van der Waals surface area (Å²) in [6.07, 6.45) is 1.71. The van der Waals surface area contributed by atoms with Crippen LogP contribution < -0.4 is 5.32 Å². The van der Waals surface area contributed by atoms with Crippen molar-refractivity contribution >= 4 is 5.65 Å². The van der Waals surface area contributed by atoms with Crippen molar-refractivity contribution in [2.45, 2.75) is 13.0 Å². The molecule has 0 saturated carbocycles. The van der Waals surface area contributed by atoms with Crippen molar-refractivity contribution in [3.8, 4) is 0 Å². The van der Waals surface area contributed by atoms with Gasteiger partial charge in [-0.3, -0.25) is 4.40 Å². The van der Waals surface area contributed by atoms with Crippen LogP contribution in [0.4, 0.5) is 0 Å². The zero-order chi connectivity index (χ0) is 11.0. The van der Waals surface area contributed by atoms with Gasteiger partial charge < -0.3 is 10.1 Å². The zero-order valence-corrected chi connectivity index (χ0v) is 9.05. The molecule has 2 aromatic rings. The topological polar surface area (TPSA) is 64.3 Å². The molecule has 6 heteroatoms. The summed E-state index contributed by atoms with van der Waals surface area (Å²) in [5.74, 6) is 0.815. The molecule has 1 N–H and O–H groups in total. The van der Waals surface area contributed by atoms with E-state index in [0.717, 1.165) is 30.3 Å². The van der Waals surface area contributed by atoms with Gasteiger partial charge in [0.25, 0.3) is 0 Å². The molecule has 6 nitrogen and oxygen atoms in total. The Kier molecular flexibility index (Phi) is 2.30. The molecular weight excluding hydrogens is 206 g/mol. The van der Waals surface area contributed by atoms with Crippen molar-refractivity contribution in [3.05, 3.63) is 23.9 Å². The molecule has 1 aliphatic heterocycles. The Hall–Kier alpha value is -1.53. The highest BCUT2D eigenvalue weighted by Gasteiger charge is 2.21. The van der Waals surface area contributed by atoms with Crippen LogP contribution in [0.3, 0.4) is 0 Å². The van der Waals surface area contributed by atoms with Crippen molar-refractivity contribution in [2.75, 3.05) is 19.7 Å². The van der Waals surface area contributed by atoms with Crippen LogP contribution in [0, 0.1) is 6.92 Å². The number of ether oxygens (including phenoxy) is 1. The van der Waals surface area contributed by atoms with Gasteiger partial charge in [-0.25, -0.2) is 4.98 Å². The second-order valence-electron chi connectivity index (χ2n) is 3.88. The first-order valence-electron chi connectivity index (χ1n) is 5.34. The molecule has 0 aromatic carbocycles. The first-order valence-corrected chi connectivity index (χ1v) is 5.34. The molecule has 0 amide bonds. The van der Waals surface area contributed by atoms with Gasteiger partial charge in [-0.05, 0) is 6.92 Å². The lowest BCUT2D eigenvalue weighted by Crippen LogP contribution is -2.34. The molecule has 84 valence electrons. The summed E-state index contributed by atoms with van der Waals surface area (Å²) < 4.78 is 7.53. The number of rotatable bonds is 1. The van der Waals surface area contributed by atoms with Crippen LogP contribution in [0.15, 0.2) is 12.4 Å². The van der Waals surface area contributed by atoms with E-state index in [-0.39, 0.29) is 6.10 Å². The lowest BCUT2D eigenvalue weighted by atomic mass is 10.3. The normalized spacial score (nSPS) is 21.4. The summed E-state index contributed by atoms with van der Waals surface area (Å²) in [7, 11) is 0. The van der Waals surface area contributed by atoms with Gasteiger partial charge in [0.05, 0.1) is 6.61 Å². The Morgan fingerprint density at radius 3 is 3.25 bits per heavy atom. The number of fused-ring (bicyclic) bond motifs is 1. The Morgan fingerprint density at radius 1 is 1.50 bits per heavy atom. The highest BCUT2D eigenvalue weighted by Crippen LogP contribution is 2.17. The smallest absolute Gasteiger partial charge is 0.169 e. The van der Waals surface area contributed by atoms with Crippen molar-refractivity contribution in [1.82, 2.24) is 24.9 Å². The molecule has 1 saturated heterocycles. The molecule has 0 radical (unpaired) electrons. The Labute approximate surface area is 92.7 Å². The van der Waals surface area contributed by atoms with E-state index in [1.807, 2.05) is 17.4 Å². The third-order valence-corrected chi connectivity index (χ3v) is 2.68. The lowest BCUT2D eigenvalue weighted by Gasteiger charge is -2.21. The summed E-state index contributed by atoms with van der Waals surface area (Å²) in [5.41, 5.74) is 1.76. The molecule has 1 aliphatic rings. The molecule has 16 heavy (non-hydrogen) atoms. The number of aryl methyl sites for hydroxylation is 1. The molecule has 1 fully saturated rings. The number of morpholine rings is 1. The quantitative estimate of drug-likeness (QED) is 0.736. The maximum atomic E-state index is 5.65. The van der Waals surface area contributed by atoms with E-state index in [9.17, 15) is 0 Å². The average Bonchev–Trinajstić information content (AvgIpc) is 2.73.